The fraction of sp³-hybridized carbons (Fsp3) is 0.450. The Kier molecular flexibility index (Phi) is 7.54. The fourth-order valence-corrected chi connectivity index (χ4v) is 6.91. The van der Waals surface area contributed by atoms with E-state index in [1.807, 2.05) is 24.4 Å². The zero-order valence-corrected chi connectivity index (χ0v) is 19.3. The van der Waals surface area contributed by atoms with E-state index < -0.39 is 22.4 Å². The standard InChI is InChI=1S/C20H24N2O5S3/c1-3-22(16-8-9-30(25,26)13-16)18(23)10-27-19(24)17-7-5-4-6-15(17)12-29-20-21-14(2)11-28-20/h4-7,11,16H,3,8-10,12-13H2,1-2H3. The highest BCUT2D eigenvalue weighted by Gasteiger charge is 2.34. The summed E-state index contributed by atoms with van der Waals surface area (Å²) in [7, 11) is -3.10. The number of hydrogen-bond donors (Lipinski definition) is 0. The number of thioether (sulfide) groups is 1. The van der Waals surface area contributed by atoms with Crippen LogP contribution in [0.1, 0.15) is 35.0 Å². The van der Waals surface area contributed by atoms with Gasteiger partial charge in [-0.05, 0) is 31.9 Å². The van der Waals surface area contributed by atoms with Crippen molar-refractivity contribution in [3.05, 3.63) is 46.5 Å². The molecular formula is C20H24N2O5S3. The number of esters is 1. The van der Waals surface area contributed by atoms with E-state index in [1.54, 1.807) is 42.2 Å². The van der Waals surface area contributed by atoms with Crippen LogP contribution in [0.5, 0.6) is 0 Å². The Morgan fingerprint density at radius 1 is 1.33 bits per heavy atom. The second-order valence-electron chi connectivity index (χ2n) is 7.01. The molecule has 1 saturated heterocycles. The molecule has 1 aromatic carbocycles. The summed E-state index contributed by atoms with van der Waals surface area (Å²) in [5, 5.41) is 1.98. The summed E-state index contributed by atoms with van der Waals surface area (Å²) < 4.78 is 29.6. The fourth-order valence-electron chi connectivity index (χ4n) is 3.33. The molecule has 7 nitrogen and oxygen atoms in total. The molecule has 1 aliphatic heterocycles. The molecule has 0 N–H and O–H groups in total. The van der Waals surface area contributed by atoms with Crippen molar-refractivity contribution in [3.63, 3.8) is 0 Å². The van der Waals surface area contributed by atoms with Gasteiger partial charge in [0.2, 0.25) is 0 Å². The molecule has 30 heavy (non-hydrogen) atoms. The zero-order valence-electron chi connectivity index (χ0n) is 16.9. The van der Waals surface area contributed by atoms with Crippen molar-refractivity contribution in [2.24, 2.45) is 0 Å². The predicted octanol–water partition coefficient (Wildman–Crippen LogP) is 2.94. The molecule has 1 aromatic heterocycles. The first-order valence-electron chi connectivity index (χ1n) is 9.59. The van der Waals surface area contributed by atoms with E-state index >= 15 is 0 Å². The number of aromatic nitrogens is 1. The van der Waals surface area contributed by atoms with Crippen LogP contribution < -0.4 is 0 Å². The molecule has 2 aromatic rings. The van der Waals surface area contributed by atoms with Gasteiger partial charge in [0.1, 0.15) is 4.34 Å². The largest absolute Gasteiger partial charge is 0.452 e. The third-order valence-electron chi connectivity index (χ3n) is 4.82. The first-order valence-corrected chi connectivity index (χ1v) is 13.3. The van der Waals surface area contributed by atoms with E-state index in [0.717, 1.165) is 15.6 Å². The number of benzene rings is 1. The van der Waals surface area contributed by atoms with Crippen LogP contribution in [0.4, 0.5) is 0 Å². The van der Waals surface area contributed by atoms with Crippen LogP contribution in [-0.2, 0) is 25.1 Å². The quantitative estimate of drug-likeness (QED) is 0.434. The number of ether oxygens (including phenoxy) is 1. The third-order valence-corrected chi connectivity index (χ3v) is 8.76. The molecule has 1 aliphatic rings. The summed E-state index contributed by atoms with van der Waals surface area (Å²) in [6, 6.07) is 6.79. The number of thiazole rings is 1. The molecule has 3 rings (SSSR count). The Morgan fingerprint density at radius 2 is 2.10 bits per heavy atom. The molecule has 1 atom stereocenters. The van der Waals surface area contributed by atoms with Gasteiger partial charge in [-0.15, -0.1) is 11.3 Å². The highest BCUT2D eigenvalue weighted by Crippen LogP contribution is 2.27. The predicted molar refractivity (Wildman–Crippen MR) is 118 cm³/mol. The number of carbonyl (C=O) groups excluding carboxylic acids is 2. The smallest absolute Gasteiger partial charge is 0.338 e. The van der Waals surface area contributed by atoms with Crippen LogP contribution in [0.25, 0.3) is 0 Å². The zero-order chi connectivity index (χ0) is 21.7. The van der Waals surface area contributed by atoms with E-state index in [9.17, 15) is 18.0 Å². The summed E-state index contributed by atoms with van der Waals surface area (Å²) in [5.74, 6) is -0.322. The number of hydrogen-bond acceptors (Lipinski definition) is 8. The van der Waals surface area contributed by atoms with Gasteiger partial charge >= 0.3 is 5.97 Å². The Bertz CT molecular complexity index is 1020. The van der Waals surface area contributed by atoms with Gasteiger partial charge in [0.05, 0.1) is 17.1 Å². The van der Waals surface area contributed by atoms with Gasteiger partial charge in [0.25, 0.3) is 5.91 Å². The van der Waals surface area contributed by atoms with Crippen molar-refractivity contribution in [1.29, 1.82) is 0 Å². The average molecular weight is 469 g/mol. The summed E-state index contributed by atoms with van der Waals surface area (Å²) in [6.45, 7) is 3.69. The maximum Gasteiger partial charge on any atom is 0.338 e. The van der Waals surface area contributed by atoms with E-state index in [4.69, 9.17) is 4.74 Å². The van der Waals surface area contributed by atoms with Crippen LogP contribution in [0, 0.1) is 6.92 Å². The van der Waals surface area contributed by atoms with Crippen molar-refractivity contribution in [1.82, 2.24) is 9.88 Å². The minimum Gasteiger partial charge on any atom is -0.452 e. The number of sulfone groups is 1. The molecule has 162 valence electrons. The Hall–Kier alpha value is -1.91. The minimum absolute atomic E-state index is 0.0309. The maximum absolute atomic E-state index is 12.6. The van der Waals surface area contributed by atoms with E-state index in [2.05, 4.69) is 4.98 Å². The molecule has 0 bridgehead atoms. The van der Waals surface area contributed by atoms with Gasteiger partial charge in [-0.2, -0.15) is 0 Å². The number of amides is 1. The summed E-state index contributed by atoms with van der Waals surface area (Å²) >= 11 is 3.10. The van der Waals surface area contributed by atoms with Crippen LogP contribution in [0.15, 0.2) is 34.0 Å². The van der Waals surface area contributed by atoms with Gasteiger partial charge in [-0.1, -0.05) is 30.0 Å². The Balaban J connectivity index is 1.59. The van der Waals surface area contributed by atoms with E-state index in [0.29, 0.717) is 24.3 Å². The number of aryl methyl sites for hydroxylation is 1. The van der Waals surface area contributed by atoms with Crippen molar-refractivity contribution in [2.75, 3.05) is 24.7 Å². The highest BCUT2D eigenvalue weighted by atomic mass is 32.2. The molecular weight excluding hydrogens is 444 g/mol. The summed E-state index contributed by atoms with van der Waals surface area (Å²) in [5.41, 5.74) is 2.18. The van der Waals surface area contributed by atoms with Crippen LogP contribution >= 0.6 is 23.1 Å². The molecule has 0 spiro atoms. The molecule has 1 fully saturated rings. The second kappa shape index (κ2) is 9.93. The molecule has 1 amide bonds. The topological polar surface area (TPSA) is 93.6 Å². The monoisotopic (exact) mass is 468 g/mol. The van der Waals surface area contributed by atoms with Crippen molar-refractivity contribution in [3.8, 4) is 0 Å². The molecule has 1 unspecified atom stereocenters. The lowest BCUT2D eigenvalue weighted by molar-refractivity contribution is -0.136. The first kappa shape index (κ1) is 22.8. The van der Waals surface area contributed by atoms with Gasteiger partial charge in [-0.25, -0.2) is 18.2 Å². The SMILES string of the molecule is CCN(C(=O)COC(=O)c1ccccc1CSc1nc(C)cs1)C1CCS(=O)(=O)C1. The second-order valence-corrected chi connectivity index (χ2v) is 11.3. The third kappa shape index (κ3) is 5.83. The molecule has 0 saturated carbocycles. The molecule has 2 heterocycles. The first-order chi connectivity index (χ1) is 14.3. The average Bonchev–Trinajstić information content (AvgIpc) is 3.30. The van der Waals surface area contributed by atoms with E-state index in [-0.39, 0.29) is 23.5 Å². The van der Waals surface area contributed by atoms with Crippen molar-refractivity contribution >= 4 is 44.8 Å². The lowest BCUT2D eigenvalue weighted by Gasteiger charge is -2.26. The number of nitrogens with zero attached hydrogens (tertiary/aromatic N) is 2. The number of likely N-dealkylation sites (N-methyl/N-ethyl adjacent to an activating group) is 1. The van der Waals surface area contributed by atoms with Gasteiger partial charge < -0.3 is 9.64 Å². The van der Waals surface area contributed by atoms with Gasteiger partial charge in [0.15, 0.2) is 16.4 Å². The molecule has 0 aliphatic carbocycles. The van der Waals surface area contributed by atoms with Crippen molar-refractivity contribution < 1.29 is 22.7 Å². The minimum atomic E-state index is -3.10. The number of carbonyl (C=O) groups is 2. The van der Waals surface area contributed by atoms with Crippen molar-refractivity contribution in [2.45, 2.75) is 36.4 Å². The molecule has 0 radical (unpaired) electrons. The normalized spacial score (nSPS) is 17.6. The van der Waals surface area contributed by atoms with Crippen LogP contribution in [0.3, 0.4) is 0 Å². The van der Waals surface area contributed by atoms with Gasteiger partial charge in [0, 0.05) is 29.4 Å². The summed E-state index contributed by atoms with van der Waals surface area (Å²) in [4.78, 5) is 31.1. The maximum atomic E-state index is 12.6. The van der Waals surface area contributed by atoms with Crippen LogP contribution in [-0.4, -0.2) is 60.9 Å². The Labute approximate surface area is 184 Å². The lowest BCUT2D eigenvalue weighted by Crippen LogP contribution is -2.43. The van der Waals surface area contributed by atoms with E-state index in [1.165, 1.54) is 4.90 Å². The Morgan fingerprint density at radius 3 is 2.73 bits per heavy atom. The summed E-state index contributed by atoms with van der Waals surface area (Å²) in [6.07, 6.45) is 0.423. The lowest BCUT2D eigenvalue weighted by atomic mass is 10.1. The van der Waals surface area contributed by atoms with Crippen LogP contribution in [0.2, 0.25) is 0 Å². The highest BCUT2D eigenvalue weighted by molar-refractivity contribution is 8.00. The molecule has 10 heteroatoms. The number of rotatable bonds is 8. The van der Waals surface area contributed by atoms with Gasteiger partial charge in [-0.3, -0.25) is 4.79 Å².